The molecule has 1 aliphatic heterocycles. The van der Waals surface area contributed by atoms with E-state index in [0.29, 0.717) is 24.1 Å². The molecule has 0 fully saturated rings. The molecular weight excluding hydrogens is 288 g/mol. The minimum Gasteiger partial charge on any atom is -0.367 e. The average molecular weight is 306 g/mol. The van der Waals surface area contributed by atoms with Crippen molar-refractivity contribution in [2.45, 2.75) is 19.1 Å². The molecule has 0 spiro atoms. The molecule has 1 aromatic heterocycles. The molecule has 0 radical (unpaired) electrons. The summed E-state index contributed by atoms with van der Waals surface area (Å²) in [5.41, 5.74) is 2.27. The Balaban J connectivity index is 1.62. The number of hydrogen-bond donors (Lipinski definition) is 2. The fourth-order valence-electron chi connectivity index (χ4n) is 3.46. The quantitative estimate of drug-likeness (QED) is 0.781. The third-order valence-electron chi connectivity index (χ3n) is 4.72. The number of benzene rings is 2. The van der Waals surface area contributed by atoms with Crippen molar-refractivity contribution in [2.24, 2.45) is 0 Å². The number of carbonyl (C=O) groups excluding carboxylic acids is 1. The number of H-pyrrole nitrogens is 1. The maximum atomic E-state index is 12.6. The van der Waals surface area contributed by atoms with Crippen molar-refractivity contribution in [3.05, 3.63) is 71.4 Å². The SMILES string of the molecule is CC1(O)c2ccccc2C(=O)N1CCc1c[nH]c2ccccc12. The molecule has 2 N–H and O–H groups in total. The van der Waals surface area contributed by atoms with E-state index in [2.05, 4.69) is 11.1 Å². The fraction of sp³-hybridized carbons (Fsp3) is 0.211. The standard InChI is InChI=1S/C19H18N2O2/c1-19(23)16-8-4-2-7-15(16)18(22)21(19)11-10-13-12-20-17-9-5-3-6-14(13)17/h2-9,12,20,23H,10-11H2,1H3. The zero-order valence-electron chi connectivity index (χ0n) is 12.9. The highest BCUT2D eigenvalue weighted by Gasteiger charge is 2.44. The van der Waals surface area contributed by atoms with Crippen molar-refractivity contribution in [1.29, 1.82) is 0 Å². The lowest BCUT2D eigenvalue weighted by Gasteiger charge is -2.30. The van der Waals surface area contributed by atoms with E-state index < -0.39 is 5.72 Å². The summed E-state index contributed by atoms with van der Waals surface area (Å²) in [5.74, 6) is -0.106. The van der Waals surface area contributed by atoms with Gasteiger partial charge in [-0.1, -0.05) is 36.4 Å². The first kappa shape index (κ1) is 14.0. The molecule has 1 aliphatic rings. The molecule has 4 nitrogen and oxygen atoms in total. The molecule has 116 valence electrons. The summed E-state index contributed by atoms with van der Waals surface area (Å²) in [4.78, 5) is 17.4. The number of para-hydroxylation sites is 1. The van der Waals surface area contributed by atoms with Gasteiger partial charge in [-0.3, -0.25) is 4.79 Å². The Morgan fingerprint density at radius 2 is 1.87 bits per heavy atom. The van der Waals surface area contributed by atoms with Crippen molar-refractivity contribution in [1.82, 2.24) is 9.88 Å². The van der Waals surface area contributed by atoms with Crippen LogP contribution in [0, 0.1) is 0 Å². The van der Waals surface area contributed by atoms with E-state index in [4.69, 9.17) is 0 Å². The van der Waals surface area contributed by atoms with E-state index in [1.54, 1.807) is 17.9 Å². The van der Waals surface area contributed by atoms with E-state index in [1.807, 2.05) is 42.6 Å². The minimum atomic E-state index is -1.25. The van der Waals surface area contributed by atoms with Gasteiger partial charge in [0.15, 0.2) is 5.72 Å². The summed E-state index contributed by atoms with van der Waals surface area (Å²) in [6.07, 6.45) is 2.67. The minimum absolute atomic E-state index is 0.106. The molecule has 3 aromatic rings. The van der Waals surface area contributed by atoms with Crippen LogP contribution in [0.25, 0.3) is 10.9 Å². The van der Waals surface area contributed by atoms with Crippen LogP contribution in [0.3, 0.4) is 0 Å². The van der Waals surface area contributed by atoms with Gasteiger partial charge in [0.05, 0.1) is 0 Å². The lowest BCUT2D eigenvalue weighted by atomic mass is 10.0. The highest BCUT2D eigenvalue weighted by molar-refractivity contribution is 5.99. The van der Waals surface area contributed by atoms with Crippen LogP contribution >= 0.6 is 0 Å². The van der Waals surface area contributed by atoms with E-state index in [0.717, 1.165) is 16.5 Å². The first-order valence-corrected chi connectivity index (χ1v) is 7.78. The average Bonchev–Trinajstić information content (AvgIpc) is 3.05. The number of carbonyl (C=O) groups is 1. The van der Waals surface area contributed by atoms with Gasteiger partial charge in [-0.25, -0.2) is 0 Å². The van der Waals surface area contributed by atoms with Gasteiger partial charge >= 0.3 is 0 Å². The Morgan fingerprint density at radius 1 is 1.13 bits per heavy atom. The molecule has 1 atom stereocenters. The molecule has 1 unspecified atom stereocenters. The van der Waals surface area contributed by atoms with Gasteiger partial charge in [0, 0.05) is 34.8 Å². The van der Waals surface area contributed by atoms with Gasteiger partial charge in [0.1, 0.15) is 0 Å². The van der Waals surface area contributed by atoms with E-state index in [1.165, 1.54) is 0 Å². The second-order valence-corrected chi connectivity index (χ2v) is 6.13. The van der Waals surface area contributed by atoms with Crippen LogP contribution in [0.4, 0.5) is 0 Å². The molecule has 4 rings (SSSR count). The Bertz CT molecular complexity index is 895. The Morgan fingerprint density at radius 3 is 2.70 bits per heavy atom. The van der Waals surface area contributed by atoms with Crippen LogP contribution < -0.4 is 0 Å². The summed E-state index contributed by atoms with van der Waals surface area (Å²) < 4.78 is 0. The third kappa shape index (κ3) is 2.06. The van der Waals surface area contributed by atoms with Crippen molar-refractivity contribution < 1.29 is 9.90 Å². The van der Waals surface area contributed by atoms with Crippen molar-refractivity contribution in [2.75, 3.05) is 6.54 Å². The van der Waals surface area contributed by atoms with Crippen LogP contribution in [-0.2, 0) is 12.1 Å². The molecule has 23 heavy (non-hydrogen) atoms. The summed E-state index contributed by atoms with van der Waals surface area (Å²) in [6, 6.07) is 15.4. The topological polar surface area (TPSA) is 56.3 Å². The van der Waals surface area contributed by atoms with Gasteiger partial charge in [-0.05, 0) is 31.0 Å². The summed E-state index contributed by atoms with van der Waals surface area (Å²) in [5, 5.41) is 12.0. The molecule has 2 aromatic carbocycles. The molecule has 0 saturated carbocycles. The zero-order chi connectivity index (χ0) is 16.0. The summed E-state index contributed by atoms with van der Waals surface area (Å²) in [6.45, 7) is 2.16. The number of aromatic nitrogens is 1. The van der Waals surface area contributed by atoms with E-state index in [9.17, 15) is 9.90 Å². The lowest BCUT2D eigenvalue weighted by Crippen LogP contribution is -2.42. The number of nitrogens with one attached hydrogen (secondary N) is 1. The van der Waals surface area contributed by atoms with Crippen LogP contribution in [-0.4, -0.2) is 27.4 Å². The predicted octanol–water partition coefficient (Wildman–Crippen LogP) is 3.03. The van der Waals surface area contributed by atoms with Crippen LogP contribution in [0.1, 0.15) is 28.4 Å². The Labute approximate surface area is 134 Å². The largest absolute Gasteiger partial charge is 0.367 e. The monoisotopic (exact) mass is 306 g/mol. The van der Waals surface area contributed by atoms with E-state index in [-0.39, 0.29) is 5.91 Å². The van der Waals surface area contributed by atoms with Gasteiger partial charge in [-0.15, -0.1) is 0 Å². The Kier molecular flexibility index (Phi) is 3.03. The molecule has 0 bridgehead atoms. The summed E-state index contributed by atoms with van der Waals surface area (Å²) in [7, 11) is 0. The smallest absolute Gasteiger partial charge is 0.256 e. The van der Waals surface area contributed by atoms with E-state index >= 15 is 0 Å². The summed E-state index contributed by atoms with van der Waals surface area (Å²) >= 11 is 0. The number of hydrogen-bond acceptors (Lipinski definition) is 2. The normalized spacial score (nSPS) is 20.3. The molecule has 1 amide bonds. The first-order valence-electron chi connectivity index (χ1n) is 7.78. The lowest BCUT2D eigenvalue weighted by molar-refractivity contribution is -0.0678. The number of rotatable bonds is 3. The highest BCUT2D eigenvalue weighted by Crippen LogP contribution is 2.36. The highest BCUT2D eigenvalue weighted by atomic mass is 16.3. The molecule has 0 aliphatic carbocycles. The molecule has 0 saturated heterocycles. The number of nitrogens with zero attached hydrogens (tertiary/aromatic N) is 1. The van der Waals surface area contributed by atoms with Crippen molar-refractivity contribution in [3.63, 3.8) is 0 Å². The number of amides is 1. The van der Waals surface area contributed by atoms with Crippen LogP contribution in [0.15, 0.2) is 54.7 Å². The maximum absolute atomic E-state index is 12.6. The van der Waals surface area contributed by atoms with Crippen LogP contribution in [0.2, 0.25) is 0 Å². The maximum Gasteiger partial charge on any atom is 0.256 e. The van der Waals surface area contributed by atoms with Crippen molar-refractivity contribution in [3.8, 4) is 0 Å². The molecule has 2 heterocycles. The van der Waals surface area contributed by atoms with Gasteiger partial charge < -0.3 is 15.0 Å². The zero-order valence-corrected chi connectivity index (χ0v) is 12.9. The van der Waals surface area contributed by atoms with Crippen molar-refractivity contribution >= 4 is 16.8 Å². The Hall–Kier alpha value is -2.59. The third-order valence-corrected chi connectivity index (χ3v) is 4.72. The second-order valence-electron chi connectivity index (χ2n) is 6.13. The molecule has 4 heteroatoms. The van der Waals surface area contributed by atoms with Gasteiger partial charge in [0.25, 0.3) is 5.91 Å². The fourth-order valence-corrected chi connectivity index (χ4v) is 3.46. The first-order chi connectivity index (χ1) is 11.1. The number of fused-ring (bicyclic) bond motifs is 2. The van der Waals surface area contributed by atoms with Gasteiger partial charge in [0.2, 0.25) is 0 Å². The number of aliphatic hydroxyl groups is 1. The second kappa shape index (κ2) is 4.96. The van der Waals surface area contributed by atoms with Gasteiger partial charge in [-0.2, -0.15) is 0 Å². The molecular formula is C19H18N2O2. The number of aromatic amines is 1. The van der Waals surface area contributed by atoms with Crippen LogP contribution in [0.5, 0.6) is 0 Å². The predicted molar refractivity (Wildman–Crippen MR) is 89.1 cm³/mol.